The standard InChI is InChI=1S/C16H16ClN3O3/c17-10-3-1-9(2-4-10)13-11-7-16(22-5-6-23-16)8-12(15(18)21)14(11)20-19-13/h1-4,12H,5-8H2,(H2,18,21)(H,19,20). The molecule has 2 aliphatic rings. The molecule has 2 aromatic rings. The van der Waals surface area contributed by atoms with Crippen molar-refractivity contribution in [2.45, 2.75) is 24.5 Å². The maximum Gasteiger partial charge on any atom is 0.226 e. The fourth-order valence-corrected chi connectivity index (χ4v) is 3.53. The summed E-state index contributed by atoms with van der Waals surface area (Å²) in [7, 11) is 0. The van der Waals surface area contributed by atoms with Crippen molar-refractivity contribution in [1.29, 1.82) is 0 Å². The van der Waals surface area contributed by atoms with Gasteiger partial charge in [0.15, 0.2) is 5.79 Å². The summed E-state index contributed by atoms with van der Waals surface area (Å²) in [5, 5.41) is 8.04. The van der Waals surface area contributed by atoms with E-state index >= 15 is 0 Å². The molecule has 1 spiro atoms. The smallest absolute Gasteiger partial charge is 0.226 e. The first-order valence-electron chi connectivity index (χ1n) is 7.48. The number of primary amides is 1. The van der Waals surface area contributed by atoms with Crippen LogP contribution in [0, 0.1) is 0 Å². The molecule has 0 radical (unpaired) electrons. The molecule has 120 valence electrons. The van der Waals surface area contributed by atoms with E-state index in [4.69, 9.17) is 26.8 Å². The normalized spacial score (nSPS) is 22.2. The summed E-state index contributed by atoms with van der Waals surface area (Å²) in [5.74, 6) is -1.68. The molecule has 1 aromatic heterocycles. The molecule has 1 fully saturated rings. The molecule has 0 bridgehead atoms. The van der Waals surface area contributed by atoms with E-state index in [1.807, 2.05) is 24.3 Å². The minimum absolute atomic E-state index is 0.407. The Labute approximate surface area is 137 Å². The predicted octanol–water partition coefficient (Wildman–Crippen LogP) is 1.99. The molecule has 1 amide bonds. The van der Waals surface area contributed by atoms with E-state index < -0.39 is 17.6 Å². The second-order valence-electron chi connectivity index (χ2n) is 5.91. The van der Waals surface area contributed by atoms with Gasteiger partial charge in [-0.1, -0.05) is 23.7 Å². The van der Waals surface area contributed by atoms with Crippen LogP contribution in [0.25, 0.3) is 11.3 Å². The van der Waals surface area contributed by atoms with E-state index in [0.29, 0.717) is 31.1 Å². The first kappa shape index (κ1) is 14.7. The van der Waals surface area contributed by atoms with Crippen molar-refractivity contribution in [3.63, 3.8) is 0 Å². The van der Waals surface area contributed by atoms with Crippen LogP contribution in [-0.4, -0.2) is 35.1 Å². The Bertz CT molecular complexity index is 750. The van der Waals surface area contributed by atoms with Crippen molar-refractivity contribution in [2.75, 3.05) is 13.2 Å². The maximum absolute atomic E-state index is 11.9. The second kappa shape index (κ2) is 5.33. The summed E-state index contributed by atoms with van der Waals surface area (Å²) in [6.45, 7) is 1.05. The highest BCUT2D eigenvalue weighted by molar-refractivity contribution is 6.30. The lowest BCUT2D eigenvalue weighted by Crippen LogP contribution is -2.42. The van der Waals surface area contributed by atoms with Gasteiger partial charge in [-0.25, -0.2) is 0 Å². The second-order valence-corrected chi connectivity index (χ2v) is 6.35. The van der Waals surface area contributed by atoms with Crippen LogP contribution in [0.2, 0.25) is 5.02 Å². The zero-order valence-electron chi connectivity index (χ0n) is 12.3. The van der Waals surface area contributed by atoms with Gasteiger partial charge in [0.25, 0.3) is 0 Å². The number of aromatic amines is 1. The summed E-state index contributed by atoms with van der Waals surface area (Å²) in [6.07, 6.45) is 0.957. The van der Waals surface area contributed by atoms with Crippen LogP contribution in [-0.2, 0) is 20.7 Å². The van der Waals surface area contributed by atoms with Gasteiger partial charge in [0.2, 0.25) is 5.91 Å². The van der Waals surface area contributed by atoms with Crippen LogP contribution in [0.3, 0.4) is 0 Å². The van der Waals surface area contributed by atoms with Crippen molar-refractivity contribution >= 4 is 17.5 Å². The highest BCUT2D eigenvalue weighted by atomic mass is 35.5. The van der Waals surface area contributed by atoms with Gasteiger partial charge in [0.05, 0.1) is 30.5 Å². The van der Waals surface area contributed by atoms with Crippen LogP contribution in [0.15, 0.2) is 24.3 Å². The number of nitrogens with two attached hydrogens (primary N) is 1. The van der Waals surface area contributed by atoms with Crippen molar-refractivity contribution in [3.8, 4) is 11.3 Å². The molecule has 1 atom stereocenters. The van der Waals surface area contributed by atoms with Crippen LogP contribution in [0.1, 0.15) is 23.6 Å². The molecular formula is C16H16ClN3O3. The zero-order chi connectivity index (χ0) is 16.0. The average molecular weight is 334 g/mol. The minimum atomic E-state index is -0.780. The highest BCUT2D eigenvalue weighted by Gasteiger charge is 2.47. The summed E-state index contributed by atoms with van der Waals surface area (Å²) in [6, 6.07) is 7.42. The fraction of sp³-hybridized carbons (Fsp3) is 0.375. The Morgan fingerprint density at radius 3 is 2.65 bits per heavy atom. The molecule has 2 heterocycles. The number of hydrogen-bond acceptors (Lipinski definition) is 4. The van der Waals surface area contributed by atoms with E-state index in [1.54, 1.807) is 0 Å². The van der Waals surface area contributed by atoms with E-state index in [1.165, 1.54) is 0 Å². The van der Waals surface area contributed by atoms with Crippen molar-refractivity contribution in [2.24, 2.45) is 5.73 Å². The van der Waals surface area contributed by atoms with Crippen LogP contribution < -0.4 is 5.73 Å². The number of H-pyrrole nitrogens is 1. The molecular weight excluding hydrogens is 318 g/mol. The molecule has 0 saturated carbocycles. The Morgan fingerprint density at radius 2 is 2.00 bits per heavy atom. The van der Waals surface area contributed by atoms with Gasteiger partial charge in [0, 0.05) is 29.0 Å². The number of carbonyl (C=O) groups excluding carboxylic acids is 1. The molecule has 1 saturated heterocycles. The summed E-state index contributed by atoms with van der Waals surface area (Å²) in [5.41, 5.74) is 8.96. The maximum atomic E-state index is 11.9. The van der Waals surface area contributed by atoms with Crippen molar-refractivity contribution in [3.05, 3.63) is 40.5 Å². The number of carbonyl (C=O) groups is 1. The number of amides is 1. The minimum Gasteiger partial charge on any atom is -0.369 e. The third kappa shape index (κ3) is 2.43. The van der Waals surface area contributed by atoms with Gasteiger partial charge in [0.1, 0.15) is 0 Å². The molecule has 1 aromatic carbocycles. The molecule has 4 rings (SSSR count). The number of ether oxygens (including phenoxy) is 2. The Morgan fingerprint density at radius 1 is 1.30 bits per heavy atom. The number of halogens is 1. The van der Waals surface area contributed by atoms with Crippen LogP contribution in [0.5, 0.6) is 0 Å². The zero-order valence-corrected chi connectivity index (χ0v) is 13.1. The SMILES string of the molecule is NC(=O)C1CC2(Cc3c(-c4ccc(Cl)cc4)n[nH]c31)OCCO2. The number of rotatable bonds is 2. The lowest BCUT2D eigenvalue weighted by molar-refractivity contribution is -0.170. The van der Waals surface area contributed by atoms with E-state index in [0.717, 1.165) is 22.5 Å². The topological polar surface area (TPSA) is 90.2 Å². The van der Waals surface area contributed by atoms with Gasteiger partial charge < -0.3 is 15.2 Å². The molecule has 1 aliphatic carbocycles. The number of fused-ring (bicyclic) bond motifs is 1. The average Bonchev–Trinajstić information content (AvgIpc) is 3.15. The van der Waals surface area contributed by atoms with Crippen LogP contribution >= 0.6 is 11.6 Å². The number of nitrogens with zero attached hydrogens (tertiary/aromatic N) is 1. The van der Waals surface area contributed by atoms with Gasteiger partial charge in [-0.2, -0.15) is 5.10 Å². The third-order valence-corrected chi connectivity index (χ3v) is 4.74. The van der Waals surface area contributed by atoms with Crippen LogP contribution in [0.4, 0.5) is 0 Å². The first-order chi connectivity index (χ1) is 11.1. The molecule has 3 N–H and O–H groups in total. The van der Waals surface area contributed by atoms with Gasteiger partial charge in [-0.3, -0.25) is 9.89 Å². The third-order valence-electron chi connectivity index (χ3n) is 4.48. The molecule has 7 heteroatoms. The summed E-state index contributed by atoms with van der Waals surface area (Å²) >= 11 is 5.95. The Balaban J connectivity index is 1.81. The highest BCUT2D eigenvalue weighted by Crippen LogP contribution is 2.44. The Kier molecular flexibility index (Phi) is 3.41. The number of hydrogen-bond donors (Lipinski definition) is 2. The first-order valence-corrected chi connectivity index (χ1v) is 7.86. The molecule has 1 unspecified atom stereocenters. The van der Waals surface area contributed by atoms with Crippen molar-refractivity contribution in [1.82, 2.24) is 10.2 Å². The fourth-order valence-electron chi connectivity index (χ4n) is 3.41. The lowest BCUT2D eigenvalue weighted by atomic mass is 9.81. The summed E-state index contributed by atoms with van der Waals surface area (Å²) < 4.78 is 11.6. The largest absolute Gasteiger partial charge is 0.369 e. The van der Waals surface area contributed by atoms with Gasteiger partial charge in [-0.15, -0.1) is 0 Å². The number of benzene rings is 1. The molecule has 23 heavy (non-hydrogen) atoms. The van der Waals surface area contributed by atoms with Gasteiger partial charge >= 0.3 is 0 Å². The van der Waals surface area contributed by atoms with E-state index in [2.05, 4.69) is 10.2 Å². The Hall–Kier alpha value is -1.89. The summed E-state index contributed by atoms with van der Waals surface area (Å²) in [4.78, 5) is 11.9. The lowest BCUT2D eigenvalue weighted by Gasteiger charge is -2.34. The van der Waals surface area contributed by atoms with E-state index in [9.17, 15) is 4.79 Å². The quantitative estimate of drug-likeness (QED) is 0.879. The van der Waals surface area contributed by atoms with Crippen molar-refractivity contribution < 1.29 is 14.3 Å². The van der Waals surface area contributed by atoms with Gasteiger partial charge in [-0.05, 0) is 12.1 Å². The predicted molar refractivity (Wildman–Crippen MR) is 83.9 cm³/mol. The van der Waals surface area contributed by atoms with E-state index in [-0.39, 0.29) is 0 Å². The molecule has 1 aliphatic heterocycles. The number of aromatic nitrogens is 2. The molecule has 6 nitrogen and oxygen atoms in total. The number of nitrogens with one attached hydrogen (secondary N) is 1. The monoisotopic (exact) mass is 333 g/mol.